The second kappa shape index (κ2) is 4.68. The van der Waals surface area contributed by atoms with Gasteiger partial charge in [-0.05, 0) is 30.1 Å². The van der Waals surface area contributed by atoms with Crippen LogP contribution in [0.3, 0.4) is 0 Å². The highest BCUT2D eigenvalue weighted by Gasteiger charge is 2.12. The van der Waals surface area contributed by atoms with Crippen LogP contribution in [-0.2, 0) is 16.8 Å². The molecular weight excluding hydrogens is 238 g/mol. The first-order valence-corrected chi connectivity index (χ1v) is 6.29. The lowest BCUT2D eigenvalue weighted by molar-refractivity contribution is 0.535. The zero-order valence-corrected chi connectivity index (χ0v) is 10.1. The van der Waals surface area contributed by atoms with Crippen molar-refractivity contribution in [1.82, 2.24) is 9.78 Å². The summed E-state index contributed by atoms with van der Waals surface area (Å²) in [5.74, 6) is 0.354. The van der Waals surface area contributed by atoms with Gasteiger partial charge >= 0.3 is 0 Å². The van der Waals surface area contributed by atoms with Gasteiger partial charge in [-0.3, -0.25) is 4.21 Å². The Morgan fingerprint density at radius 1 is 1.41 bits per heavy atom. The van der Waals surface area contributed by atoms with Crippen LogP contribution in [-0.4, -0.2) is 18.5 Å². The first-order chi connectivity index (χ1) is 8.09. The van der Waals surface area contributed by atoms with Crippen LogP contribution in [0.4, 0.5) is 5.82 Å². The molecule has 0 radical (unpaired) electrons. The number of anilines is 1. The zero-order chi connectivity index (χ0) is 12.4. The molecule has 0 fully saturated rings. The maximum absolute atomic E-state index is 10.7. The minimum absolute atomic E-state index is 0.115. The van der Waals surface area contributed by atoms with Crippen LogP contribution in [0.1, 0.15) is 11.3 Å². The molecule has 2 N–H and O–H groups in total. The quantitative estimate of drug-likeness (QED) is 0.828. The summed E-state index contributed by atoms with van der Waals surface area (Å²) in [5, 5.41) is 4.22. The van der Waals surface area contributed by atoms with E-state index in [2.05, 4.69) is 5.10 Å². The molecule has 2 rings (SSSR count). The first-order valence-electron chi connectivity index (χ1n) is 5.05. The molecule has 0 amide bonds. The molecule has 2 aromatic rings. The third-order valence-corrected chi connectivity index (χ3v) is 3.03. The van der Waals surface area contributed by atoms with Crippen molar-refractivity contribution < 1.29 is 8.76 Å². The topological polar surface area (TPSA) is 84.0 Å². The average Bonchev–Trinajstić information content (AvgIpc) is 2.58. The molecule has 1 unspecified atom stereocenters. The summed E-state index contributed by atoms with van der Waals surface area (Å²) in [4.78, 5) is 0. The van der Waals surface area contributed by atoms with E-state index in [0.717, 1.165) is 5.69 Å². The van der Waals surface area contributed by atoms with Gasteiger partial charge in [-0.2, -0.15) is 5.10 Å². The van der Waals surface area contributed by atoms with Crippen LogP contribution in [0.2, 0.25) is 0 Å². The molecule has 6 heteroatoms. The summed E-state index contributed by atoms with van der Waals surface area (Å²) >= 11 is -2.16. The van der Waals surface area contributed by atoms with Crippen LogP contribution >= 0.6 is 0 Å². The lowest BCUT2D eigenvalue weighted by Crippen LogP contribution is -2.02. The highest BCUT2D eigenvalue weighted by molar-refractivity contribution is 7.78. The highest BCUT2D eigenvalue weighted by Crippen LogP contribution is 2.20. The van der Waals surface area contributed by atoms with Gasteiger partial charge in [-0.1, -0.05) is 18.2 Å². The van der Waals surface area contributed by atoms with Gasteiger partial charge in [0.15, 0.2) is 0 Å². The Labute approximate surface area is 102 Å². The Kier molecular flexibility index (Phi) is 3.26. The minimum atomic E-state index is -2.16. The SMILES string of the molecule is Cc1c(CS(=O)[O-])nn(-c2ccccc2)c1N. The molecule has 1 aromatic heterocycles. The van der Waals surface area contributed by atoms with Crippen LogP contribution in [0.25, 0.3) is 5.69 Å². The Morgan fingerprint density at radius 2 is 2.06 bits per heavy atom. The van der Waals surface area contributed by atoms with Crippen LogP contribution < -0.4 is 5.73 Å². The number of nitrogens with zero attached hydrogens (tertiary/aromatic N) is 2. The Bertz CT molecular complexity index is 551. The van der Waals surface area contributed by atoms with Crippen LogP contribution in [0.5, 0.6) is 0 Å². The van der Waals surface area contributed by atoms with Gasteiger partial charge < -0.3 is 10.3 Å². The Morgan fingerprint density at radius 3 is 2.65 bits per heavy atom. The van der Waals surface area contributed by atoms with Crippen LogP contribution in [0, 0.1) is 6.92 Å². The molecule has 0 aliphatic heterocycles. The van der Waals surface area contributed by atoms with E-state index >= 15 is 0 Å². The van der Waals surface area contributed by atoms with Crippen molar-refractivity contribution in [3.8, 4) is 5.69 Å². The fourth-order valence-electron chi connectivity index (χ4n) is 1.57. The lowest BCUT2D eigenvalue weighted by atomic mass is 10.3. The molecular formula is C11H12N3O2S-. The van der Waals surface area contributed by atoms with Crippen LogP contribution in [0.15, 0.2) is 30.3 Å². The van der Waals surface area contributed by atoms with Gasteiger partial charge in [0.1, 0.15) is 5.82 Å². The van der Waals surface area contributed by atoms with E-state index in [1.807, 2.05) is 30.3 Å². The summed E-state index contributed by atoms with van der Waals surface area (Å²) in [6.07, 6.45) is 0. The van der Waals surface area contributed by atoms with Gasteiger partial charge in [0.2, 0.25) is 0 Å². The number of rotatable bonds is 3. The van der Waals surface area contributed by atoms with E-state index in [1.54, 1.807) is 11.6 Å². The van der Waals surface area contributed by atoms with Gasteiger partial charge in [0.05, 0.1) is 17.1 Å². The summed E-state index contributed by atoms with van der Waals surface area (Å²) < 4.78 is 22.9. The lowest BCUT2D eigenvalue weighted by Gasteiger charge is -2.03. The number of aromatic nitrogens is 2. The predicted molar refractivity (Wildman–Crippen MR) is 65.3 cm³/mol. The van der Waals surface area contributed by atoms with E-state index in [0.29, 0.717) is 17.1 Å². The Hall–Kier alpha value is -1.66. The van der Waals surface area contributed by atoms with E-state index < -0.39 is 11.1 Å². The van der Waals surface area contributed by atoms with E-state index in [4.69, 9.17) is 5.73 Å². The number of para-hydroxylation sites is 1. The number of hydrogen-bond acceptors (Lipinski definition) is 4. The molecule has 0 saturated heterocycles. The fraction of sp³-hybridized carbons (Fsp3) is 0.182. The highest BCUT2D eigenvalue weighted by atomic mass is 32.2. The fourth-order valence-corrected chi connectivity index (χ4v) is 2.07. The van der Waals surface area contributed by atoms with Crippen molar-refractivity contribution >= 4 is 16.9 Å². The smallest absolute Gasteiger partial charge is 0.130 e. The molecule has 1 aromatic carbocycles. The third kappa shape index (κ3) is 2.37. The number of benzene rings is 1. The molecule has 17 heavy (non-hydrogen) atoms. The third-order valence-electron chi connectivity index (χ3n) is 2.52. The van der Waals surface area contributed by atoms with Gasteiger partial charge in [0.25, 0.3) is 0 Å². The summed E-state index contributed by atoms with van der Waals surface area (Å²) in [7, 11) is 0. The predicted octanol–water partition coefficient (Wildman–Crippen LogP) is 1.14. The molecule has 0 saturated carbocycles. The van der Waals surface area contributed by atoms with E-state index in [-0.39, 0.29) is 5.75 Å². The maximum atomic E-state index is 10.7. The molecule has 1 heterocycles. The second-order valence-electron chi connectivity index (χ2n) is 3.65. The summed E-state index contributed by atoms with van der Waals surface area (Å²) in [6.45, 7) is 1.77. The molecule has 1 atom stereocenters. The van der Waals surface area contributed by atoms with Crippen molar-refractivity contribution in [1.29, 1.82) is 0 Å². The maximum Gasteiger partial charge on any atom is 0.130 e. The van der Waals surface area contributed by atoms with Crippen molar-refractivity contribution in [2.45, 2.75) is 12.7 Å². The normalized spacial score (nSPS) is 12.6. The molecule has 90 valence electrons. The number of nitrogens with two attached hydrogens (primary N) is 1. The van der Waals surface area contributed by atoms with Crippen molar-refractivity contribution in [3.05, 3.63) is 41.6 Å². The molecule has 0 aliphatic rings. The van der Waals surface area contributed by atoms with Crippen molar-refractivity contribution in [2.75, 3.05) is 5.73 Å². The Balaban J connectivity index is 2.46. The van der Waals surface area contributed by atoms with Crippen molar-refractivity contribution in [3.63, 3.8) is 0 Å². The number of nitrogen functional groups attached to an aromatic ring is 1. The summed E-state index contributed by atoms with van der Waals surface area (Å²) in [6, 6.07) is 9.36. The molecule has 0 spiro atoms. The second-order valence-corrected chi connectivity index (χ2v) is 4.55. The average molecular weight is 250 g/mol. The summed E-state index contributed by atoms with van der Waals surface area (Å²) in [5.41, 5.74) is 7.92. The first kappa shape index (κ1) is 11.8. The zero-order valence-electron chi connectivity index (χ0n) is 9.29. The van der Waals surface area contributed by atoms with Gasteiger partial charge in [0, 0.05) is 5.56 Å². The monoisotopic (exact) mass is 250 g/mol. The molecule has 0 bridgehead atoms. The van der Waals surface area contributed by atoms with Crippen molar-refractivity contribution in [2.24, 2.45) is 0 Å². The van der Waals surface area contributed by atoms with Gasteiger partial charge in [-0.25, -0.2) is 4.68 Å². The largest absolute Gasteiger partial charge is 0.772 e. The number of hydrogen-bond donors (Lipinski definition) is 1. The standard InChI is InChI=1S/C11H13N3O2S/c1-8-10(7-17(15)16)13-14(11(8)12)9-5-3-2-4-6-9/h2-6H,7,12H2,1H3,(H,15,16)/p-1. The molecule has 5 nitrogen and oxygen atoms in total. The minimum Gasteiger partial charge on any atom is -0.772 e. The van der Waals surface area contributed by atoms with Gasteiger partial charge in [-0.15, -0.1) is 0 Å². The van der Waals surface area contributed by atoms with E-state index in [9.17, 15) is 8.76 Å². The molecule has 0 aliphatic carbocycles. The van der Waals surface area contributed by atoms with E-state index in [1.165, 1.54) is 0 Å².